The standard InChI is InChI=1S/C20H22Cl2N2O2/c1-13-7-9-15(10-8-13)12-24(14(2)20(26)23-3)19(25)11-16-17(21)5-4-6-18(16)22/h4-10,14H,11-12H2,1-3H3,(H,23,26)/t14-/m0/s1. The number of halogens is 2. The fourth-order valence-electron chi connectivity index (χ4n) is 2.64. The minimum absolute atomic E-state index is 0.0334. The van der Waals surface area contributed by atoms with Crippen molar-refractivity contribution >= 4 is 35.0 Å². The number of nitrogens with zero attached hydrogens (tertiary/aromatic N) is 1. The number of rotatable bonds is 6. The van der Waals surface area contributed by atoms with E-state index in [9.17, 15) is 9.59 Å². The van der Waals surface area contributed by atoms with E-state index in [2.05, 4.69) is 5.32 Å². The summed E-state index contributed by atoms with van der Waals surface area (Å²) in [5.74, 6) is -0.438. The Morgan fingerprint density at radius 3 is 2.19 bits per heavy atom. The van der Waals surface area contributed by atoms with E-state index in [1.54, 1.807) is 37.1 Å². The van der Waals surface area contributed by atoms with E-state index in [0.717, 1.165) is 11.1 Å². The molecule has 0 fully saturated rings. The Morgan fingerprint density at radius 2 is 1.65 bits per heavy atom. The highest BCUT2D eigenvalue weighted by Gasteiger charge is 2.26. The summed E-state index contributed by atoms with van der Waals surface area (Å²) in [6.07, 6.45) is 0.0334. The van der Waals surface area contributed by atoms with Crippen LogP contribution < -0.4 is 5.32 Å². The van der Waals surface area contributed by atoms with Crippen molar-refractivity contribution in [3.8, 4) is 0 Å². The molecule has 0 bridgehead atoms. The Morgan fingerprint density at radius 1 is 1.08 bits per heavy atom. The molecule has 2 aromatic carbocycles. The summed E-state index contributed by atoms with van der Waals surface area (Å²) >= 11 is 12.4. The lowest BCUT2D eigenvalue weighted by Crippen LogP contribution is -2.47. The molecule has 0 aliphatic rings. The molecule has 0 unspecified atom stereocenters. The van der Waals surface area contributed by atoms with Crippen LogP contribution in [0, 0.1) is 6.92 Å². The zero-order chi connectivity index (χ0) is 19.3. The van der Waals surface area contributed by atoms with Gasteiger partial charge < -0.3 is 10.2 Å². The van der Waals surface area contributed by atoms with Crippen LogP contribution in [0.5, 0.6) is 0 Å². The topological polar surface area (TPSA) is 49.4 Å². The Balaban J connectivity index is 2.28. The zero-order valence-electron chi connectivity index (χ0n) is 15.1. The average Bonchev–Trinajstić information content (AvgIpc) is 2.63. The molecule has 0 saturated carbocycles. The summed E-state index contributed by atoms with van der Waals surface area (Å²) in [4.78, 5) is 26.7. The minimum atomic E-state index is -0.616. The predicted molar refractivity (Wildman–Crippen MR) is 105 cm³/mol. The number of hydrogen-bond acceptors (Lipinski definition) is 2. The number of carbonyl (C=O) groups is 2. The van der Waals surface area contributed by atoms with Crippen LogP contribution in [0.3, 0.4) is 0 Å². The molecule has 1 atom stereocenters. The maximum Gasteiger partial charge on any atom is 0.242 e. The van der Waals surface area contributed by atoms with E-state index >= 15 is 0 Å². The van der Waals surface area contributed by atoms with Crippen molar-refractivity contribution in [2.24, 2.45) is 0 Å². The molecule has 0 saturated heterocycles. The van der Waals surface area contributed by atoms with Crippen molar-refractivity contribution < 1.29 is 9.59 Å². The van der Waals surface area contributed by atoms with Crippen LogP contribution >= 0.6 is 23.2 Å². The van der Waals surface area contributed by atoms with Gasteiger partial charge in [0.2, 0.25) is 11.8 Å². The zero-order valence-corrected chi connectivity index (χ0v) is 16.6. The molecule has 2 aromatic rings. The maximum absolute atomic E-state index is 13.0. The van der Waals surface area contributed by atoms with Gasteiger partial charge in [0.25, 0.3) is 0 Å². The van der Waals surface area contributed by atoms with Crippen LogP contribution in [0.4, 0.5) is 0 Å². The summed E-state index contributed by atoms with van der Waals surface area (Å²) in [5.41, 5.74) is 2.65. The van der Waals surface area contributed by atoms with Gasteiger partial charge in [-0.05, 0) is 37.1 Å². The third kappa shape index (κ3) is 4.99. The van der Waals surface area contributed by atoms with E-state index in [4.69, 9.17) is 23.2 Å². The number of amides is 2. The van der Waals surface area contributed by atoms with Gasteiger partial charge in [-0.3, -0.25) is 9.59 Å². The van der Waals surface area contributed by atoms with Gasteiger partial charge in [0.15, 0.2) is 0 Å². The first-order valence-electron chi connectivity index (χ1n) is 8.33. The monoisotopic (exact) mass is 392 g/mol. The molecule has 26 heavy (non-hydrogen) atoms. The minimum Gasteiger partial charge on any atom is -0.357 e. The Kier molecular flexibility index (Phi) is 7.06. The van der Waals surface area contributed by atoms with Crippen LogP contribution in [0.2, 0.25) is 10.0 Å². The van der Waals surface area contributed by atoms with E-state index in [1.165, 1.54) is 0 Å². The predicted octanol–water partition coefficient (Wildman–Crippen LogP) is 4.01. The summed E-state index contributed by atoms with van der Waals surface area (Å²) in [6.45, 7) is 4.04. The van der Waals surface area contributed by atoms with Crippen LogP contribution in [-0.2, 0) is 22.6 Å². The molecule has 0 spiro atoms. The number of benzene rings is 2. The number of carbonyl (C=O) groups excluding carboxylic acids is 2. The number of nitrogens with one attached hydrogen (secondary N) is 1. The van der Waals surface area contributed by atoms with Gasteiger partial charge in [0.1, 0.15) is 6.04 Å². The van der Waals surface area contributed by atoms with Crippen LogP contribution in [0.25, 0.3) is 0 Å². The van der Waals surface area contributed by atoms with Crippen LogP contribution in [-0.4, -0.2) is 29.8 Å². The number of hydrogen-bond donors (Lipinski definition) is 1. The normalized spacial score (nSPS) is 11.7. The molecule has 0 aliphatic heterocycles. The lowest BCUT2D eigenvalue weighted by Gasteiger charge is -2.28. The molecule has 0 aromatic heterocycles. The largest absolute Gasteiger partial charge is 0.357 e. The number of likely N-dealkylation sites (N-methyl/N-ethyl adjacent to an activating group) is 1. The third-order valence-electron chi connectivity index (χ3n) is 4.28. The van der Waals surface area contributed by atoms with Gasteiger partial charge in [0, 0.05) is 23.6 Å². The molecule has 2 amide bonds. The second-order valence-corrected chi connectivity index (χ2v) is 6.99. The summed E-state index contributed by atoms with van der Waals surface area (Å²) in [7, 11) is 1.55. The first-order chi connectivity index (χ1) is 12.3. The number of aryl methyl sites for hydroxylation is 1. The molecular formula is C20H22Cl2N2O2. The molecule has 0 heterocycles. The highest BCUT2D eigenvalue weighted by Crippen LogP contribution is 2.26. The smallest absolute Gasteiger partial charge is 0.242 e. The lowest BCUT2D eigenvalue weighted by molar-refractivity contribution is -0.139. The second-order valence-electron chi connectivity index (χ2n) is 6.17. The molecule has 4 nitrogen and oxygen atoms in total. The fraction of sp³-hybridized carbons (Fsp3) is 0.300. The molecule has 6 heteroatoms. The molecule has 138 valence electrons. The Hall–Kier alpha value is -2.04. The third-order valence-corrected chi connectivity index (χ3v) is 4.99. The van der Waals surface area contributed by atoms with Crippen molar-refractivity contribution in [1.82, 2.24) is 10.2 Å². The SMILES string of the molecule is CNC(=O)[C@H](C)N(Cc1ccc(C)cc1)C(=O)Cc1c(Cl)cccc1Cl. The van der Waals surface area contributed by atoms with Crippen LogP contribution in [0.1, 0.15) is 23.6 Å². The van der Waals surface area contributed by atoms with E-state index < -0.39 is 6.04 Å². The molecule has 0 aliphatic carbocycles. The first-order valence-corrected chi connectivity index (χ1v) is 9.08. The highest BCUT2D eigenvalue weighted by molar-refractivity contribution is 6.36. The van der Waals surface area contributed by atoms with Gasteiger partial charge >= 0.3 is 0 Å². The van der Waals surface area contributed by atoms with Gasteiger partial charge in [-0.1, -0.05) is 59.1 Å². The molecule has 0 radical (unpaired) electrons. The Bertz CT molecular complexity index is 771. The van der Waals surface area contributed by atoms with Crippen molar-refractivity contribution in [3.05, 3.63) is 69.2 Å². The lowest BCUT2D eigenvalue weighted by atomic mass is 10.1. The van der Waals surface area contributed by atoms with Gasteiger partial charge in [0.05, 0.1) is 6.42 Å². The summed E-state index contributed by atoms with van der Waals surface area (Å²) in [5, 5.41) is 3.47. The van der Waals surface area contributed by atoms with Crippen molar-refractivity contribution in [1.29, 1.82) is 0 Å². The van der Waals surface area contributed by atoms with E-state index in [1.807, 2.05) is 31.2 Å². The van der Waals surface area contributed by atoms with Crippen molar-refractivity contribution in [2.75, 3.05) is 7.05 Å². The van der Waals surface area contributed by atoms with Gasteiger partial charge in [-0.15, -0.1) is 0 Å². The van der Waals surface area contributed by atoms with Crippen LogP contribution in [0.15, 0.2) is 42.5 Å². The summed E-state index contributed by atoms with van der Waals surface area (Å²) in [6, 6.07) is 12.4. The first kappa shape index (κ1) is 20.3. The quantitative estimate of drug-likeness (QED) is 0.806. The van der Waals surface area contributed by atoms with Gasteiger partial charge in [-0.2, -0.15) is 0 Å². The molecule has 2 rings (SSSR count). The average molecular weight is 393 g/mol. The van der Waals surface area contributed by atoms with E-state index in [-0.39, 0.29) is 18.2 Å². The molecular weight excluding hydrogens is 371 g/mol. The van der Waals surface area contributed by atoms with Gasteiger partial charge in [-0.25, -0.2) is 0 Å². The van der Waals surface area contributed by atoms with E-state index in [0.29, 0.717) is 22.2 Å². The molecule has 1 N–H and O–H groups in total. The second kappa shape index (κ2) is 9.06. The summed E-state index contributed by atoms with van der Waals surface area (Å²) < 4.78 is 0. The van der Waals surface area contributed by atoms with Crippen molar-refractivity contribution in [3.63, 3.8) is 0 Å². The maximum atomic E-state index is 13.0. The highest BCUT2D eigenvalue weighted by atomic mass is 35.5. The van der Waals surface area contributed by atoms with Crippen molar-refractivity contribution in [2.45, 2.75) is 32.9 Å². The Labute approximate surface area is 164 Å². The fourth-order valence-corrected chi connectivity index (χ4v) is 3.17.